The van der Waals surface area contributed by atoms with Crippen LogP contribution in [0, 0.1) is 0 Å². The summed E-state index contributed by atoms with van der Waals surface area (Å²) in [5.41, 5.74) is 2.48. The van der Waals surface area contributed by atoms with Crippen molar-refractivity contribution < 1.29 is 13.3 Å². The van der Waals surface area contributed by atoms with Gasteiger partial charge < -0.3 is 0 Å². The highest BCUT2D eigenvalue weighted by atomic mass is 32.2. The van der Waals surface area contributed by atoms with Gasteiger partial charge in [-0.3, -0.25) is 4.84 Å². The predicted octanol–water partition coefficient (Wildman–Crippen LogP) is 1.89. The monoisotopic (exact) mass is 267 g/mol. The molecular weight excluding hydrogens is 250 g/mol. The van der Waals surface area contributed by atoms with E-state index < -0.39 is 10.0 Å². The summed E-state index contributed by atoms with van der Waals surface area (Å²) in [5.74, 6) is 0. The van der Waals surface area contributed by atoms with Crippen LogP contribution in [0.2, 0.25) is 0 Å². The quantitative estimate of drug-likeness (QED) is 0.822. The summed E-state index contributed by atoms with van der Waals surface area (Å²) in [6, 6.07) is 5.49. The Morgan fingerprint density at radius 3 is 2.56 bits per heavy atom. The van der Waals surface area contributed by atoms with E-state index in [1.165, 1.54) is 17.5 Å². The maximum Gasteiger partial charge on any atom is 0.265 e. The molecule has 0 amide bonds. The Hall–Kier alpha value is -0.910. The molecule has 2 aliphatic rings. The summed E-state index contributed by atoms with van der Waals surface area (Å²) < 4.78 is 25.8. The van der Waals surface area contributed by atoms with Crippen molar-refractivity contribution in [2.75, 3.05) is 13.2 Å². The lowest BCUT2D eigenvalue weighted by molar-refractivity contribution is -0.0284. The second-order valence-corrected chi connectivity index (χ2v) is 6.68. The van der Waals surface area contributed by atoms with Crippen molar-refractivity contribution in [2.24, 2.45) is 0 Å². The van der Waals surface area contributed by atoms with Gasteiger partial charge in [-0.15, -0.1) is 0 Å². The van der Waals surface area contributed by atoms with Crippen LogP contribution in [0.3, 0.4) is 0 Å². The molecule has 98 valence electrons. The van der Waals surface area contributed by atoms with Crippen molar-refractivity contribution in [3.05, 3.63) is 29.3 Å². The fourth-order valence-electron chi connectivity index (χ4n) is 2.60. The molecule has 0 atom stereocenters. The number of rotatable bonds is 2. The zero-order chi connectivity index (χ0) is 12.6. The predicted molar refractivity (Wildman–Crippen MR) is 67.5 cm³/mol. The van der Waals surface area contributed by atoms with Crippen molar-refractivity contribution in [1.29, 1.82) is 0 Å². The molecule has 1 aromatic carbocycles. The summed E-state index contributed by atoms with van der Waals surface area (Å²) in [6.07, 6.45) is 5.17. The molecule has 0 unspecified atom stereocenters. The minimum absolute atomic E-state index is 0.366. The lowest BCUT2D eigenvalue weighted by Crippen LogP contribution is -2.27. The van der Waals surface area contributed by atoms with Crippen molar-refractivity contribution >= 4 is 10.0 Å². The van der Waals surface area contributed by atoms with Gasteiger partial charge in [-0.05, 0) is 55.4 Å². The number of aryl methyl sites for hydroxylation is 2. The Morgan fingerprint density at radius 2 is 1.83 bits per heavy atom. The second-order valence-electron chi connectivity index (χ2n) is 4.86. The first kappa shape index (κ1) is 12.1. The molecule has 0 bridgehead atoms. The highest BCUT2D eigenvalue weighted by Crippen LogP contribution is 2.26. The van der Waals surface area contributed by atoms with Gasteiger partial charge >= 0.3 is 0 Å². The Morgan fingerprint density at radius 1 is 1.06 bits per heavy atom. The van der Waals surface area contributed by atoms with Crippen LogP contribution < -0.4 is 0 Å². The molecule has 4 nitrogen and oxygen atoms in total. The average molecular weight is 267 g/mol. The SMILES string of the molecule is O=S(=O)(c1ccc2c(c1)CCCC2)N1CCCO1. The van der Waals surface area contributed by atoms with Crippen LogP contribution in [0.5, 0.6) is 0 Å². The first-order valence-corrected chi connectivity index (χ1v) is 7.89. The normalized spacial score (nSPS) is 20.9. The smallest absolute Gasteiger partial charge is 0.265 e. The van der Waals surface area contributed by atoms with E-state index in [4.69, 9.17) is 4.84 Å². The van der Waals surface area contributed by atoms with Crippen molar-refractivity contribution in [3.8, 4) is 0 Å². The van der Waals surface area contributed by atoms with E-state index in [2.05, 4.69) is 0 Å². The maximum absolute atomic E-state index is 12.3. The van der Waals surface area contributed by atoms with Crippen molar-refractivity contribution in [3.63, 3.8) is 0 Å². The number of hydrogen-bond donors (Lipinski definition) is 0. The van der Waals surface area contributed by atoms with Crippen molar-refractivity contribution in [2.45, 2.75) is 37.0 Å². The minimum atomic E-state index is -3.46. The van der Waals surface area contributed by atoms with Gasteiger partial charge in [0.2, 0.25) is 0 Å². The van der Waals surface area contributed by atoms with Gasteiger partial charge in [-0.2, -0.15) is 0 Å². The average Bonchev–Trinajstić information content (AvgIpc) is 2.92. The standard InChI is InChI=1S/C13H17NO3S/c15-18(16,14-8-3-9-17-14)13-7-6-11-4-1-2-5-12(11)10-13/h6-7,10H,1-5,8-9H2. The molecule has 0 saturated carbocycles. The van der Waals surface area contributed by atoms with Crippen LogP contribution in [-0.4, -0.2) is 26.0 Å². The Bertz CT molecular complexity index is 547. The zero-order valence-electron chi connectivity index (χ0n) is 10.3. The maximum atomic E-state index is 12.3. The van der Waals surface area contributed by atoms with Crippen LogP contribution in [0.1, 0.15) is 30.4 Å². The first-order valence-electron chi connectivity index (χ1n) is 6.45. The summed E-state index contributed by atoms with van der Waals surface area (Å²) in [4.78, 5) is 5.53. The van der Waals surface area contributed by atoms with Gasteiger partial charge in [0.05, 0.1) is 11.5 Å². The van der Waals surface area contributed by atoms with E-state index in [1.807, 2.05) is 12.1 Å². The lowest BCUT2D eigenvalue weighted by Gasteiger charge is -2.19. The topological polar surface area (TPSA) is 46.6 Å². The molecule has 0 spiro atoms. The van der Waals surface area contributed by atoms with Crippen molar-refractivity contribution in [1.82, 2.24) is 4.47 Å². The second kappa shape index (κ2) is 4.64. The lowest BCUT2D eigenvalue weighted by atomic mass is 9.92. The van der Waals surface area contributed by atoms with Crippen LogP contribution in [0.4, 0.5) is 0 Å². The van der Waals surface area contributed by atoms with E-state index >= 15 is 0 Å². The van der Waals surface area contributed by atoms with E-state index in [-0.39, 0.29) is 0 Å². The summed E-state index contributed by atoms with van der Waals surface area (Å²) >= 11 is 0. The third-order valence-corrected chi connectivity index (χ3v) is 5.28. The van der Waals surface area contributed by atoms with Crippen LogP contribution in [-0.2, 0) is 27.7 Å². The molecule has 1 aliphatic heterocycles. The van der Waals surface area contributed by atoms with Crippen LogP contribution in [0.15, 0.2) is 23.1 Å². The Kier molecular flexibility index (Phi) is 3.13. The van der Waals surface area contributed by atoms with Gasteiger partial charge in [-0.1, -0.05) is 10.5 Å². The minimum Gasteiger partial charge on any atom is -0.284 e. The third-order valence-electron chi connectivity index (χ3n) is 3.61. The highest BCUT2D eigenvalue weighted by Gasteiger charge is 2.29. The van der Waals surface area contributed by atoms with E-state index in [9.17, 15) is 8.42 Å². The van der Waals surface area contributed by atoms with Crippen LogP contribution >= 0.6 is 0 Å². The molecule has 1 aliphatic carbocycles. The molecular formula is C13H17NO3S. The van der Waals surface area contributed by atoms with Gasteiger partial charge in [0, 0.05) is 6.54 Å². The van der Waals surface area contributed by atoms with Gasteiger partial charge in [0.1, 0.15) is 0 Å². The summed E-state index contributed by atoms with van der Waals surface area (Å²) in [5, 5.41) is 0. The molecule has 1 saturated heterocycles. The zero-order valence-corrected chi connectivity index (χ0v) is 11.1. The number of nitrogens with zero attached hydrogens (tertiary/aromatic N) is 1. The number of sulfonamides is 1. The third kappa shape index (κ3) is 2.06. The van der Waals surface area contributed by atoms with Gasteiger partial charge in [0.25, 0.3) is 10.0 Å². The molecule has 1 heterocycles. The fraction of sp³-hybridized carbons (Fsp3) is 0.538. The molecule has 5 heteroatoms. The molecule has 1 aromatic rings. The number of fused-ring (bicyclic) bond motifs is 1. The molecule has 3 rings (SSSR count). The Labute approximate surface area is 108 Å². The highest BCUT2D eigenvalue weighted by molar-refractivity contribution is 7.89. The molecule has 1 fully saturated rings. The molecule has 0 aromatic heterocycles. The number of hydrogen-bond acceptors (Lipinski definition) is 3. The summed E-state index contributed by atoms with van der Waals surface area (Å²) in [7, 11) is -3.46. The first-order chi connectivity index (χ1) is 8.68. The van der Waals surface area contributed by atoms with Gasteiger partial charge in [0.15, 0.2) is 0 Å². The molecule has 0 radical (unpaired) electrons. The Balaban J connectivity index is 1.96. The van der Waals surface area contributed by atoms with E-state index in [0.717, 1.165) is 30.2 Å². The molecule has 0 N–H and O–H groups in total. The van der Waals surface area contributed by atoms with Crippen LogP contribution in [0.25, 0.3) is 0 Å². The summed E-state index contributed by atoms with van der Waals surface area (Å²) in [6.45, 7) is 0.948. The van der Waals surface area contributed by atoms with E-state index in [0.29, 0.717) is 18.0 Å². The fourth-order valence-corrected chi connectivity index (χ4v) is 3.95. The number of hydroxylamine groups is 1. The largest absolute Gasteiger partial charge is 0.284 e. The van der Waals surface area contributed by atoms with E-state index in [1.54, 1.807) is 6.07 Å². The van der Waals surface area contributed by atoms with Gasteiger partial charge in [-0.25, -0.2) is 8.42 Å². The molecule has 18 heavy (non-hydrogen) atoms. The number of benzene rings is 1.